The summed E-state index contributed by atoms with van der Waals surface area (Å²) in [5.74, 6) is 0.386. The zero-order valence-electron chi connectivity index (χ0n) is 8.84. The number of hydrogen-bond donors (Lipinski definition) is 1. The highest BCUT2D eigenvalue weighted by Crippen LogP contribution is 2.25. The molecule has 82 valence electrons. The lowest BCUT2D eigenvalue weighted by molar-refractivity contribution is -0.113. The van der Waals surface area contributed by atoms with Gasteiger partial charge >= 0.3 is 0 Å². The average molecular weight is 228 g/mol. The van der Waals surface area contributed by atoms with Crippen LogP contribution in [0.5, 0.6) is 5.75 Å². The van der Waals surface area contributed by atoms with Gasteiger partial charge in [0, 0.05) is 0 Å². The minimum atomic E-state index is -0.235. The molecule has 1 amide bonds. The molecule has 0 spiro atoms. The number of amides is 1. The van der Waals surface area contributed by atoms with Crippen LogP contribution in [0.4, 0.5) is 5.69 Å². The molecule has 0 aliphatic rings. The van der Waals surface area contributed by atoms with Crippen molar-refractivity contribution in [2.75, 3.05) is 17.8 Å². The van der Waals surface area contributed by atoms with E-state index in [1.54, 1.807) is 0 Å². The minimum Gasteiger partial charge on any atom is -0.492 e. The van der Waals surface area contributed by atoms with Gasteiger partial charge in [-0.3, -0.25) is 4.79 Å². The van der Waals surface area contributed by atoms with Crippen molar-refractivity contribution in [2.24, 2.45) is 0 Å². The molecule has 0 aromatic heterocycles. The third-order valence-corrected chi connectivity index (χ3v) is 2.08. The molecule has 0 saturated carbocycles. The second kappa shape index (κ2) is 5.61. The van der Waals surface area contributed by atoms with Gasteiger partial charge in [0.2, 0.25) is 5.91 Å². The lowest BCUT2D eigenvalue weighted by atomic mass is 10.2. The highest BCUT2D eigenvalue weighted by molar-refractivity contribution is 6.29. The molecule has 0 unspecified atom stereocenters. The number of halogens is 1. The van der Waals surface area contributed by atoms with E-state index >= 15 is 0 Å². The Hall–Kier alpha value is -1.22. The van der Waals surface area contributed by atoms with Crippen LogP contribution in [0.15, 0.2) is 18.2 Å². The van der Waals surface area contributed by atoms with Crippen LogP contribution in [-0.2, 0) is 4.79 Å². The SMILES string of the molecule is CCOc1cc(C)ccc1NC(=O)CCl. The first kappa shape index (κ1) is 11.9. The number of hydrogen-bond acceptors (Lipinski definition) is 2. The Morgan fingerprint density at radius 3 is 2.87 bits per heavy atom. The van der Waals surface area contributed by atoms with Crippen molar-refractivity contribution < 1.29 is 9.53 Å². The molecule has 1 aromatic rings. The first-order chi connectivity index (χ1) is 7.17. The maximum Gasteiger partial charge on any atom is 0.239 e. The molecule has 0 radical (unpaired) electrons. The van der Waals surface area contributed by atoms with Crippen molar-refractivity contribution in [3.63, 3.8) is 0 Å². The molecular formula is C11H14ClNO2. The van der Waals surface area contributed by atoms with E-state index in [9.17, 15) is 4.79 Å². The molecule has 0 saturated heterocycles. The van der Waals surface area contributed by atoms with Crippen molar-refractivity contribution in [1.29, 1.82) is 0 Å². The fourth-order valence-electron chi connectivity index (χ4n) is 1.19. The molecule has 0 atom stereocenters. The van der Waals surface area contributed by atoms with E-state index in [1.807, 2.05) is 32.0 Å². The monoisotopic (exact) mass is 227 g/mol. The number of aryl methyl sites for hydroxylation is 1. The van der Waals surface area contributed by atoms with Crippen LogP contribution in [0.2, 0.25) is 0 Å². The van der Waals surface area contributed by atoms with Crippen molar-refractivity contribution in [1.82, 2.24) is 0 Å². The van der Waals surface area contributed by atoms with Gasteiger partial charge in [-0.05, 0) is 31.5 Å². The second-order valence-corrected chi connectivity index (χ2v) is 3.38. The molecule has 3 nitrogen and oxygen atoms in total. The number of benzene rings is 1. The van der Waals surface area contributed by atoms with Crippen molar-refractivity contribution in [3.8, 4) is 5.75 Å². The van der Waals surface area contributed by atoms with Crippen molar-refractivity contribution >= 4 is 23.2 Å². The van der Waals surface area contributed by atoms with Gasteiger partial charge in [0.15, 0.2) is 0 Å². The van der Waals surface area contributed by atoms with Gasteiger partial charge in [0.05, 0.1) is 12.3 Å². The number of nitrogens with one attached hydrogen (secondary N) is 1. The van der Waals surface area contributed by atoms with Crippen LogP contribution in [0.3, 0.4) is 0 Å². The van der Waals surface area contributed by atoms with E-state index in [-0.39, 0.29) is 11.8 Å². The zero-order valence-corrected chi connectivity index (χ0v) is 9.60. The van der Waals surface area contributed by atoms with Gasteiger partial charge in [-0.25, -0.2) is 0 Å². The lowest BCUT2D eigenvalue weighted by Crippen LogP contribution is -2.13. The average Bonchev–Trinajstić information content (AvgIpc) is 2.22. The highest BCUT2D eigenvalue weighted by Gasteiger charge is 2.06. The van der Waals surface area contributed by atoms with E-state index in [2.05, 4.69) is 5.32 Å². The predicted molar refractivity (Wildman–Crippen MR) is 61.7 cm³/mol. The fourth-order valence-corrected chi connectivity index (χ4v) is 1.26. The van der Waals surface area contributed by atoms with E-state index in [4.69, 9.17) is 16.3 Å². The van der Waals surface area contributed by atoms with E-state index in [1.165, 1.54) is 0 Å². The normalized spacial score (nSPS) is 9.80. The molecule has 0 heterocycles. The largest absolute Gasteiger partial charge is 0.492 e. The van der Waals surface area contributed by atoms with E-state index in [0.717, 1.165) is 5.56 Å². The lowest BCUT2D eigenvalue weighted by Gasteiger charge is -2.11. The molecule has 4 heteroatoms. The van der Waals surface area contributed by atoms with Crippen molar-refractivity contribution in [3.05, 3.63) is 23.8 Å². The predicted octanol–water partition coefficient (Wildman–Crippen LogP) is 2.57. The van der Waals surface area contributed by atoms with E-state index in [0.29, 0.717) is 18.0 Å². The van der Waals surface area contributed by atoms with Crippen LogP contribution in [0, 0.1) is 6.92 Å². The Labute approximate surface area is 94.4 Å². The summed E-state index contributed by atoms with van der Waals surface area (Å²) in [6, 6.07) is 5.60. The smallest absolute Gasteiger partial charge is 0.239 e. The second-order valence-electron chi connectivity index (χ2n) is 3.11. The van der Waals surface area contributed by atoms with Gasteiger partial charge in [-0.15, -0.1) is 11.6 Å². The molecule has 1 rings (SSSR count). The molecule has 15 heavy (non-hydrogen) atoms. The Morgan fingerprint density at radius 2 is 2.27 bits per heavy atom. The van der Waals surface area contributed by atoms with Crippen LogP contribution in [-0.4, -0.2) is 18.4 Å². The van der Waals surface area contributed by atoms with Crippen LogP contribution in [0.25, 0.3) is 0 Å². The summed E-state index contributed by atoms with van der Waals surface area (Å²) in [7, 11) is 0. The Kier molecular flexibility index (Phi) is 4.43. The van der Waals surface area contributed by atoms with Gasteiger partial charge in [-0.1, -0.05) is 6.07 Å². The number of ether oxygens (including phenoxy) is 1. The summed E-state index contributed by atoms with van der Waals surface area (Å²) in [5.41, 5.74) is 1.75. The fraction of sp³-hybridized carbons (Fsp3) is 0.364. The van der Waals surface area contributed by atoms with E-state index < -0.39 is 0 Å². The molecule has 0 fully saturated rings. The maximum absolute atomic E-state index is 11.1. The highest BCUT2D eigenvalue weighted by atomic mass is 35.5. The molecular weight excluding hydrogens is 214 g/mol. The summed E-state index contributed by atoms with van der Waals surface area (Å²) in [6.45, 7) is 4.43. The van der Waals surface area contributed by atoms with Crippen LogP contribution >= 0.6 is 11.6 Å². The van der Waals surface area contributed by atoms with Crippen LogP contribution < -0.4 is 10.1 Å². The summed E-state index contributed by atoms with van der Waals surface area (Å²) in [5, 5.41) is 2.68. The zero-order chi connectivity index (χ0) is 11.3. The maximum atomic E-state index is 11.1. The number of anilines is 1. The topological polar surface area (TPSA) is 38.3 Å². The van der Waals surface area contributed by atoms with Crippen molar-refractivity contribution in [2.45, 2.75) is 13.8 Å². The standard InChI is InChI=1S/C11H14ClNO2/c1-3-15-10-6-8(2)4-5-9(10)13-11(14)7-12/h4-6H,3,7H2,1-2H3,(H,13,14). The Bertz CT molecular complexity index is 352. The minimum absolute atomic E-state index is 0.0561. The summed E-state index contributed by atoms with van der Waals surface area (Å²) < 4.78 is 5.41. The molecule has 0 aliphatic carbocycles. The third-order valence-electron chi connectivity index (χ3n) is 1.83. The van der Waals surface area contributed by atoms with Gasteiger partial charge < -0.3 is 10.1 Å². The van der Waals surface area contributed by atoms with Gasteiger partial charge in [0.25, 0.3) is 0 Å². The Balaban J connectivity index is 2.89. The number of rotatable bonds is 4. The first-order valence-electron chi connectivity index (χ1n) is 4.76. The third kappa shape index (κ3) is 3.44. The number of alkyl halides is 1. The van der Waals surface area contributed by atoms with Gasteiger partial charge in [0.1, 0.15) is 11.6 Å². The Morgan fingerprint density at radius 1 is 1.53 bits per heavy atom. The summed E-state index contributed by atoms with van der Waals surface area (Å²) in [4.78, 5) is 11.1. The quantitative estimate of drug-likeness (QED) is 0.803. The molecule has 0 aliphatic heterocycles. The molecule has 0 bridgehead atoms. The number of carbonyl (C=O) groups is 1. The van der Waals surface area contributed by atoms with Gasteiger partial charge in [-0.2, -0.15) is 0 Å². The summed E-state index contributed by atoms with van der Waals surface area (Å²) in [6.07, 6.45) is 0. The first-order valence-corrected chi connectivity index (χ1v) is 5.30. The molecule has 1 N–H and O–H groups in total. The molecule has 1 aromatic carbocycles. The number of carbonyl (C=O) groups excluding carboxylic acids is 1. The summed E-state index contributed by atoms with van der Waals surface area (Å²) >= 11 is 5.41. The van der Waals surface area contributed by atoms with Crippen LogP contribution in [0.1, 0.15) is 12.5 Å².